The Morgan fingerprint density at radius 1 is 1.25 bits per heavy atom. The molecule has 0 aliphatic heterocycles. The average molecular weight is 320 g/mol. The van der Waals surface area contributed by atoms with E-state index in [1.807, 2.05) is 20.8 Å². The zero-order valence-corrected chi connectivity index (χ0v) is 14.2. The molecule has 0 aliphatic rings. The van der Waals surface area contributed by atoms with Crippen LogP contribution in [0.25, 0.3) is 0 Å². The van der Waals surface area contributed by atoms with Crippen molar-refractivity contribution in [3.8, 4) is 0 Å². The summed E-state index contributed by atoms with van der Waals surface area (Å²) in [5.41, 5.74) is 0.831. The van der Waals surface area contributed by atoms with E-state index < -0.39 is 7.82 Å². The predicted molar refractivity (Wildman–Crippen MR) is 78.7 cm³/mol. The van der Waals surface area contributed by atoms with Gasteiger partial charge >= 0.3 is 7.82 Å². The number of nitrogens with zero attached hydrogens (tertiary/aromatic N) is 2. The molecule has 0 aromatic carbocycles. The number of aryl methyl sites for hydroxylation is 1. The minimum absolute atomic E-state index is 0.208. The van der Waals surface area contributed by atoms with Crippen LogP contribution in [-0.2, 0) is 17.6 Å². The van der Waals surface area contributed by atoms with Gasteiger partial charge in [-0.25, -0.2) is 18.5 Å². The molecule has 0 amide bonds. The molecular formula is C12H21N2O4PS. The van der Waals surface area contributed by atoms with Gasteiger partial charge < -0.3 is 0 Å². The van der Waals surface area contributed by atoms with Crippen molar-refractivity contribution in [3.05, 3.63) is 17.6 Å². The number of hydrogen-bond acceptors (Lipinski definition) is 7. The van der Waals surface area contributed by atoms with E-state index in [1.165, 1.54) is 0 Å². The molecule has 0 N–H and O–H groups in total. The largest absolute Gasteiger partial charge is 0.486 e. The van der Waals surface area contributed by atoms with E-state index in [2.05, 4.69) is 9.97 Å². The van der Waals surface area contributed by atoms with Gasteiger partial charge in [-0.1, -0.05) is 13.8 Å². The second kappa shape index (κ2) is 8.10. The quantitative estimate of drug-likeness (QED) is 0.405. The van der Waals surface area contributed by atoms with Gasteiger partial charge in [0.2, 0.25) is 0 Å². The Balaban J connectivity index is 2.80. The van der Waals surface area contributed by atoms with Crippen molar-refractivity contribution < 1.29 is 17.6 Å². The summed E-state index contributed by atoms with van der Waals surface area (Å²) in [5.74, 6) is 0.929. The van der Waals surface area contributed by atoms with Crippen molar-refractivity contribution in [1.29, 1.82) is 0 Å². The van der Waals surface area contributed by atoms with Crippen molar-refractivity contribution in [2.75, 3.05) is 13.2 Å². The maximum absolute atomic E-state index is 12.2. The molecule has 1 rings (SSSR count). The molecule has 0 fully saturated rings. The molecule has 0 saturated heterocycles. The highest BCUT2D eigenvalue weighted by atomic mass is 32.2. The van der Waals surface area contributed by atoms with E-state index in [-0.39, 0.29) is 19.1 Å². The summed E-state index contributed by atoms with van der Waals surface area (Å²) in [4.78, 5) is 8.69. The molecule has 0 aliphatic carbocycles. The summed E-state index contributed by atoms with van der Waals surface area (Å²) in [6, 6.07) is 1.76. The topological polar surface area (TPSA) is 70.5 Å². The van der Waals surface area contributed by atoms with E-state index in [4.69, 9.17) is 13.0 Å². The van der Waals surface area contributed by atoms with Crippen LogP contribution in [0.4, 0.5) is 0 Å². The average Bonchev–Trinajstić information content (AvgIpc) is 2.36. The van der Waals surface area contributed by atoms with Crippen LogP contribution in [-0.4, -0.2) is 23.2 Å². The number of phosphoric acid groups is 1. The summed E-state index contributed by atoms with van der Waals surface area (Å²) in [7, 11) is -3.54. The summed E-state index contributed by atoms with van der Waals surface area (Å²) < 4.78 is 27.5. The molecular weight excluding hydrogens is 299 g/mol. The minimum atomic E-state index is -3.54. The number of phosphoric ester groups is 1. The van der Waals surface area contributed by atoms with E-state index in [9.17, 15) is 4.57 Å². The van der Waals surface area contributed by atoms with Crippen molar-refractivity contribution in [2.24, 2.45) is 0 Å². The van der Waals surface area contributed by atoms with Crippen LogP contribution in [0, 0.1) is 6.92 Å². The molecule has 0 saturated carbocycles. The molecule has 0 atom stereocenters. The highest BCUT2D eigenvalue weighted by molar-refractivity contribution is 7.98. The second-order valence-electron chi connectivity index (χ2n) is 4.30. The summed E-state index contributed by atoms with van der Waals surface area (Å²) >= 11 is 0.889. The molecule has 0 spiro atoms. The maximum Gasteiger partial charge on any atom is 0.486 e. The van der Waals surface area contributed by atoms with Gasteiger partial charge in [-0.2, -0.15) is 0 Å². The Labute approximate surface area is 124 Å². The number of aromatic nitrogens is 2. The normalized spacial score (nSPS) is 12.1. The van der Waals surface area contributed by atoms with Gasteiger partial charge in [0.15, 0.2) is 0 Å². The first-order chi connectivity index (χ1) is 9.40. The van der Waals surface area contributed by atoms with Crippen molar-refractivity contribution in [1.82, 2.24) is 9.97 Å². The van der Waals surface area contributed by atoms with Crippen LogP contribution in [0.15, 0.2) is 11.1 Å². The molecule has 114 valence electrons. The third kappa shape index (κ3) is 5.50. The SMILES string of the molecule is CCOP(=O)(OCC)OSc1cc(C)nc(C(C)C)n1. The fourth-order valence-corrected chi connectivity index (χ4v) is 3.41. The maximum atomic E-state index is 12.2. The van der Waals surface area contributed by atoms with Crippen molar-refractivity contribution in [3.63, 3.8) is 0 Å². The molecule has 1 heterocycles. The smallest absolute Gasteiger partial charge is 0.287 e. The van der Waals surface area contributed by atoms with Crippen LogP contribution < -0.4 is 0 Å². The van der Waals surface area contributed by atoms with Gasteiger partial charge in [0.25, 0.3) is 0 Å². The number of hydrogen-bond donors (Lipinski definition) is 0. The first kappa shape index (κ1) is 17.6. The van der Waals surface area contributed by atoms with E-state index >= 15 is 0 Å². The zero-order chi connectivity index (χ0) is 15.2. The Morgan fingerprint density at radius 3 is 2.35 bits per heavy atom. The Morgan fingerprint density at radius 2 is 1.85 bits per heavy atom. The van der Waals surface area contributed by atoms with Crippen LogP contribution in [0.2, 0.25) is 0 Å². The van der Waals surface area contributed by atoms with Crippen LogP contribution in [0.3, 0.4) is 0 Å². The van der Waals surface area contributed by atoms with Crippen molar-refractivity contribution >= 4 is 19.9 Å². The fourth-order valence-electron chi connectivity index (χ4n) is 1.34. The monoisotopic (exact) mass is 320 g/mol. The van der Waals surface area contributed by atoms with E-state index in [0.29, 0.717) is 5.03 Å². The van der Waals surface area contributed by atoms with Gasteiger partial charge in [0.1, 0.15) is 10.9 Å². The molecule has 1 aromatic heterocycles. The minimum Gasteiger partial charge on any atom is -0.287 e. The van der Waals surface area contributed by atoms with Crippen LogP contribution in [0.1, 0.15) is 45.1 Å². The lowest BCUT2D eigenvalue weighted by molar-refractivity contribution is 0.175. The lowest BCUT2D eigenvalue weighted by atomic mass is 10.2. The first-order valence-corrected chi connectivity index (χ1v) is 8.71. The summed E-state index contributed by atoms with van der Waals surface area (Å²) in [6.07, 6.45) is 0. The van der Waals surface area contributed by atoms with Crippen LogP contribution in [0.5, 0.6) is 0 Å². The van der Waals surface area contributed by atoms with Gasteiger partial charge in [-0.15, -0.1) is 0 Å². The third-order valence-electron chi connectivity index (χ3n) is 2.15. The zero-order valence-electron chi connectivity index (χ0n) is 12.5. The molecule has 0 bridgehead atoms. The third-order valence-corrected chi connectivity index (χ3v) is 4.71. The highest BCUT2D eigenvalue weighted by Crippen LogP contribution is 2.53. The summed E-state index contributed by atoms with van der Waals surface area (Å²) in [5, 5.41) is 0.584. The van der Waals surface area contributed by atoms with Gasteiger partial charge in [0.05, 0.1) is 25.3 Å². The molecule has 1 aromatic rings. The van der Waals surface area contributed by atoms with E-state index in [0.717, 1.165) is 23.6 Å². The molecule has 8 heteroatoms. The number of rotatable bonds is 8. The Bertz CT molecular complexity index is 475. The van der Waals surface area contributed by atoms with Gasteiger partial charge in [-0.05, 0) is 26.8 Å². The first-order valence-electron chi connectivity index (χ1n) is 6.51. The van der Waals surface area contributed by atoms with Crippen LogP contribution >= 0.6 is 19.9 Å². The van der Waals surface area contributed by atoms with E-state index in [1.54, 1.807) is 19.9 Å². The van der Waals surface area contributed by atoms with Crippen molar-refractivity contribution in [2.45, 2.75) is 45.6 Å². The standard InChI is InChI=1S/C12H21N2O4PS/c1-6-16-19(15,17-7-2)18-20-11-8-10(5)13-12(14-11)9(3)4/h8-9H,6-7H2,1-5H3. The molecule has 6 nitrogen and oxygen atoms in total. The molecule has 0 unspecified atom stereocenters. The fraction of sp³-hybridized carbons (Fsp3) is 0.667. The Kier molecular flexibility index (Phi) is 7.12. The molecule has 20 heavy (non-hydrogen) atoms. The second-order valence-corrected chi connectivity index (χ2v) is 6.89. The lowest BCUT2D eigenvalue weighted by Crippen LogP contribution is -2.01. The summed E-state index contributed by atoms with van der Waals surface area (Å²) in [6.45, 7) is 9.85. The predicted octanol–water partition coefficient (Wildman–Crippen LogP) is 4.11. The Hall–Kier alpha value is -0.460. The van der Waals surface area contributed by atoms with Gasteiger partial charge in [0, 0.05) is 11.6 Å². The molecule has 0 radical (unpaired) electrons. The van der Waals surface area contributed by atoms with Gasteiger partial charge in [-0.3, -0.25) is 9.05 Å². The highest BCUT2D eigenvalue weighted by Gasteiger charge is 2.27. The lowest BCUT2D eigenvalue weighted by Gasteiger charge is -2.15.